The number of hydrogen-bond donors (Lipinski definition) is 0. The van der Waals surface area contributed by atoms with Gasteiger partial charge in [-0.05, 0) is 43.0 Å². The first-order chi connectivity index (χ1) is 16.4. The number of fused-ring (bicyclic) bond motifs is 3. The van der Waals surface area contributed by atoms with Crippen molar-refractivity contribution >= 4 is 33.1 Å². The molecular weight excluding hydrogens is 452 g/mol. The third-order valence-corrected chi connectivity index (χ3v) is 6.79. The number of para-hydroxylation sites is 1. The Labute approximate surface area is 198 Å². The van der Waals surface area contributed by atoms with Gasteiger partial charge in [0, 0.05) is 11.1 Å². The summed E-state index contributed by atoms with van der Waals surface area (Å²) in [5, 5.41) is 6.21. The highest BCUT2D eigenvalue weighted by atomic mass is 32.1. The van der Waals surface area contributed by atoms with Gasteiger partial charge in [-0.2, -0.15) is 0 Å². The van der Waals surface area contributed by atoms with Crippen molar-refractivity contribution in [2.75, 3.05) is 7.11 Å². The van der Waals surface area contributed by atoms with E-state index >= 15 is 0 Å². The number of ether oxygens (including phenoxy) is 1. The zero-order chi connectivity index (χ0) is 24.0. The number of ketones is 1. The Balaban J connectivity index is 1.68. The number of carbonyl (C=O) groups is 1. The minimum absolute atomic E-state index is 0.168. The van der Waals surface area contributed by atoms with Gasteiger partial charge in [0.2, 0.25) is 5.78 Å². The monoisotopic (exact) mass is 474 g/mol. The van der Waals surface area contributed by atoms with E-state index < -0.39 is 5.69 Å². The maximum atomic E-state index is 13.4. The molecule has 0 atom stereocenters. The van der Waals surface area contributed by atoms with Gasteiger partial charge in [0.05, 0.1) is 19.2 Å². The molecule has 9 heteroatoms. The van der Waals surface area contributed by atoms with Crippen LogP contribution in [-0.4, -0.2) is 31.6 Å². The second-order valence-electron chi connectivity index (χ2n) is 8.16. The van der Waals surface area contributed by atoms with Crippen molar-refractivity contribution in [2.24, 2.45) is 0 Å². The van der Waals surface area contributed by atoms with Crippen molar-refractivity contribution in [1.82, 2.24) is 18.7 Å². The number of aryl methyl sites for hydroxylation is 2. The van der Waals surface area contributed by atoms with Crippen molar-refractivity contribution in [3.05, 3.63) is 97.0 Å². The zero-order valence-electron chi connectivity index (χ0n) is 18.9. The SMILES string of the molecule is COc1ccccc1Cn1c(=O)c2sccc2n2c(=O)n(CC(=O)c3cc(C)ccc3C)nc12. The number of methoxy groups -OCH3 is 1. The summed E-state index contributed by atoms with van der Waals surface area (Å²) in [6.45, 7) is 3.72. The summed E-state index contributed by atoms with van der Waals surface area (Å²) >= 11 is 1.27. The molecule has 0 amide bonds. The molecule has 0 fully saturated rings. The molecule has 0 N–H and O–H groups in total. The van der Waals surface area contributed by atoms with Crippen LogP contribution in [0.15, 0.2) is 63.5 Å². The fourth-order valence-corrected chi connectivity index (χ4v) is 4.96. The van der Waals surface area contributed by atoms with E-state index in [1.807, 2.05) is 56.3 Å². The number of carbonyl (C=O) groups excluding carboxylic acids is 1. The lowest BCUT2D eigenvalue weighted by Crippen LogP contribution is -2.27. The second kappa shape index (κ2) is 8.42. The Bertz CT molecular complexity index is 1690. The van der Waals surface area contributed by atoms with Gasteiger partial charge in [0.1, 0.15) is 17.0 Å². The third kappa shape index (κ3) is 3.54. The smallest absolute Gasteiger partial charge is 0.352 e. The number of Topliss-reactive ketones (excluding diaryl/α,β-unsaturated/α-hetero) is 1. The van der Waals surface area contributed by atoms with Gasteiger partial charge >= 0.3 is 5.69 Å². The van der Waals surface area contributed by atoms with E-state index in [0.29, 0.717) is 21.5 Å². The van der Waals surface area contributed by atoms with Gasteiger partial charge in [-0.25, -0.2) is 13.9 Å². The molecule has 0 saturated carbocycles. The summed E-state index contributed by atoms with van der Waals surface area (Å²) in [5.41, 5.74) is 2.89. The number of benzene rings is 2. The quantitative estimate of drug-likeness (QED) is 0.352. The van der Waals surface area contributed by atoms with Crippen LogP contribution < -0.4 is 16.0 Å². The number of rotatable bonds is 6. The van der Waals surface area contributed by atoms with Crippen LogP contribution in [0.25, 0.3) is 16.0 Å². The van der Waals surface area contributed by atoms with Crippen molar-refractivity contribution in [1.29, 1.82) is 0 Å². The molecule has 0 spiro atoms. The van der Waals surface area contributed by atoms with E-state index in [9.17, 15) is 14.4 Å². The van der Waals surface area contributed by atoms with Crippen LogP contribution in [0.5, 0.6) is 5.75 Å². The molecule has 5 aromatic rings. The predicted molar refractivity (Wildman–Crippen MR) is 131 cm³/mol. The molecular formula is C25H22N4O4S. The Kier molecular flexibility index (Phi) is 5.41. The van der Waals surface area contributed by atoms with E-state index in [0.717, 1.165) is 21.4 Å². The van der Waals surface area contributed by atoms with Crippen LogP contribution in [0.3, 0.4) is 0 Å². The largest absolute Gasteiger partial charge is 0.496 e. The Morgan fingerprint density at radius 3 is 2.68 bits per heavy atom. The van der Waals surface area contributed by atoms with E-state index in [-0.39, 0.29) is 30.2 Å². The highest BCUT2D eigenvalue weighted by Gasteiger charge is 2.21. The van der Waals surface area contributed by atoms with Gasteiger partial charge in [0.15, 0.2) is 5.78 Å². The number of nitrogens with zero attached hydrogens (tertiary/aromatic N) is 4. The highest BCUT2D eigenvalue weighted by Crippen LogP contribution is 2.21. The zero-order valence-corrected chi connectivity index (χ0v) is 19.8. The highest BCUT2D eigenvalue weighted by molar-refractivity contribution is 7.17. The molecule has 2 aromatic carbocycles. The summed E-state index contributed by atoms with van der Waals surface area (Å²) in [4.78, 5) is 39.8. The molecule has 5 rings (SSSR count). The maximum Gasteiger partial charge on any atom is 0.352 e. The second-order valence-corrected chi connectivity index (χ2v) is 9.07. The van der Waals surface area contributed by atoms with Crippen LogP contribution in [0.2, 0.25) is 0 Å². The summed E-state index contributed by atoms with van der Waals surface area (Å²) in [7, 11) is 1.57. The topological polar surface area (TPSA) is 87.6 Å². The van der Waals surface area contributed by atoms with Crippen LogP contribution in [0, 0.1) is 13.8 Å². The molecule has 8 nitrogen and oxygen atoms in total. The van der Waals surface area contributed by atoms with E-state index in [1.54, 1.807) is 18.6 Å². The van der Waals surface area contributed by atoms with E-state index in [1.165, 1.54) is 20.3 Å². The molecule has 0 aliphatic rings. The van der Waals surface area contributed by atoms with Crippen LogP contribution in [0.4, 0.5) is 0 Å². The third-order valence-electron chi connectivity index (χ3n) is 5.90. The molecule has 3 aromatic heterocycles. The van der Waals surface area contributed by atoms with Gasteiger partial charge in [0.25, 0.3) is 5.56 Å². The predicted octanol–water partition coefficient (Wildman–Crippen LogP) is 3.43. The summed E-state index contributed by atoms with van der Waals surface area (Å²) < 4.78 is 9.88. The van der Waals surface area contributed by atoms with Crippen molar-refractivity contribution in [3.8, 4) is 5.75 Å². The fraction of sp³-hybridized carbons (Fsp3) is 0.200. The molecule has 172 valence electrons. The van der Waals surface area contributed by atoms with Crippen molar-refractivity contribution < 1.29 is 9.53 Å². The maximum absolute atomic E-state index is 13.4. The Morgan fingerprint density at radius 2 is 1.88 bits per heavy atom. The summed E-state index contributed by atoms with van der Waals surface area (Å²) in [6, 6.07) is 14.7. The van der Waals surface area contributed by atoms with Gasteiger partial charge in [-0.1, -0.05) is 35.9 Å². The van der Waals surface area contributed by atoms with Crippen LogP contribution in [0.1, 0.15) is 27.0 Å². The van der Waals surface area contributed by atoms with Crippen LogP contribution in [-0.2, 0) is 13.1 Å². The van der Waals surface area contributed by atoms with Crippen molar-refractivity contribution in [2.45, 2.75) is 26.9 Å². The number of aromatic nitrogens is 4. The van der Waals surface area contributed by atoms with Gasteiger partial charge in [-0.15, -0.1) is 16.4 Å². The Hall–Kier alpha value is -3.98. The normalized spacial score (nSPS) is 11.4. The lowest BCUT2D eigenvalue weighted by molar-refractivity contribution is 0.0965. The molecule has 0 saturated heterocycles. The molecule has 34 heavy (non-hydrogen) atoms. The number of hydrogen-bond acceptors (Lipinski definition) is 6. The number of thiophene rings is 1. The first-order valence-electron chi connectivity index (χ1n) is 10.7. The molecule has 0 bridgehead atoms. The lowest BCUT2D eigenvalue weighted by atomic mass is 10.0. The standard InChI is InChI=1S/C25H22N4O4S/c1-15-8-9-16(2)18(12-15)20(30)14-28-25(32)29-19-10-11-34-22(19)23(31)27(24(29)26-28)13-17-6-4-5-7-21(17)33-3/h4-12H,13-14H2,1-3H3. The van der Waals surface area contributed by atoms with Gasteiger partial charge < -0.3 is 4.74 Å². The van der Waals surface area contributed by atoms with Crippen LogP contribution >= 0.6 is 11.3 Å². The first-order valence-corrected chi connectivity index (χ1v) is 11.6. The Morgan fingerprint density at radius 1 is 1.09 bits per heavy atom. The molecule has 0 unspecified atom stereocenters. The minimum atomic E-state index is -0.467. The first kappa shape index (κ1) is 21.8. The van der Waals surface area contributed by atoms with E-state index in [4.69, 9.17) is 4.74 Å². The average molecular weight is 475 g/mol. The van der Waals surface area contributed by atoms with Crippen molar-refractivity contribution in [3.63, 3.8) is 0 Å². The molecule has 0 aliphatic heterocycles. The molecule has 0 aliphatic carbocycles. The molecule has 0 radical (unpaired) electrons. The van der Waals surface area contributed by atoms with E-state index in [2.05, 4.69) is 5.10 Å². The minimum Gasteiger partial charge on any atom is -0.496 e. The average Bonchev–Trinajstić information content (AvgIpc) is 3.43. The lowest BCUT2D eigenvalue weighted by Gasteiger charge is -2.11. The summed E-state index contributed by atoms with van der Waals surface area (Å²) in [5.74, 6) is 0.596. The fourth-order valence-electron chi connectivity index (χ4n) is 4.14. The van der Waals surface area contributed by atoms with Gasteiger partial charge in [-0.3, -0.25) is 14.2 Å². The summed E-state index contributed by atoms with van der Waals surface area (Å²) in [6.07, 6.45) is 0. The molecule has 3 heterocycles.